The molecule has 1 aromatic rings. The first-order valence-electron chi connectivity index (χ1n) is 9.34. The van der Waals surface area contributed by atoms with Gasteiger partial charge in [0.05, 0.1) is 6.10 Å². The number of nitrogens with one attached hydrogen (secondary N) is 1. The predicted molar refractivity (Wildman–Crippen MR) is 96.6 cm³/mol. The number of benzene rings is 1. The number of unbranched alkanes of at least 4 members (excludes halogenated alkanes) is 3. The lowest BCUT2D eigenvalue weighted by Crippen LogP contribution is -2.32. The fraction of sp³-hybridized carbons (Fsp3) is 0.650. The highest BCUT2D eigenvalue weighted by Crippen LogP contribution is 2.17. The maximum absolute atomic E-state index is 12.3. The number of carbonyl (C=O) groups is 1. The van der Waals surface area contributed by atoms with Crippen LogP contribution in [0.25, 0.3) is 0 Å². The molecule has 2 rings (SSSR count). The summed E-state index contributed by atoms with van der Waals surface area (Å²) >= 11 is 0. The van der Waals surface area contributed by atoms with E-state index in [1.54, 1.807) is 0 Å². The van der Waals surface area contributed by atoms with Crippen molar-refractivity contribution in [2.24, 2.45) is 0 Å². The first kappa shape index (κ1) is 18.8. The second-order valence-corrected chi connectivity index (χ2v) is 6.69. The van der Waals surface area contributed by atoms with Gasteiger partial charge in [-0.2, -0.15) is 0 Å². The van der Waals surface area contributed by atoms with Gasteiger partial charge in [0.2, 0.25) is 0 Å². The number of ether oxygens (including phenoxy) is 2. The number of amides is 1. The van der Waals surface area contributed by atoms with Crippen molar-refractivity contribution in [1.29, 1.82) is 0 Å². The molecule has 4 nitrogen and oxygen atoms in total. The van der Waals surface area contributed by atoms with Gasteiger partial charge in [-0.1, -0.05) is 32.6 Å². The van der Waals surface area contributed by atoms with Crippen LogP contribution < -0.4 is 10.1 Å². The fourth-order valence-corrected chi connectivity index (χ4v) is 2.92. The van der Waals surface area contributed by atoms with Crippen molar-refractivity contribution in [3.8, 4) is 5.75 Å². The Balaban J connectivity index is 1.71. The van der Waals surface area contributed by atoms with Gasteiger partial charge >= 0.3 is 0 Å². The van der Waals surface area contributed by atoms with Gasteiger partial charge in [-0.15, -0.1) is 0 Å². The highest BCUT2D eigenvalue weighted by atomic mass is 16.5. The topological polar surface area (TPSA) is 47.6 Å². The van der Waals surface area contributed by atoms with Crippen LogP contribution in [0.2, 0.25) is 0 Å². The zero-order valence-electron chi connectivity index (χ0n) is 15.1. The second-order valence-electron chi connectivity index (χ2n) is 6.69. The monoisotopic (exact) mass is 333 g/mol. The Kier molecular flexibility index (Phi) is 8.10. The van der Waals surface area contributed by atoms with Crippen molar-refractivity contribution >= 4 is 5.91 Å². The van der Waals surface area contributed by atoms with Crippen molar-refractivity contribution in [2.75, 3.05) is 13.2 Å². The molecule has 1 amide bonds. The van der Waals surface area contributed by atoms with E-state index in [2.05, 4.69) is 19.2 Å². The Labute approximate surface area is 145 Å². The fourth-order valence-electron chi connectivity index (χ4n) is 2.92. The normalized spacial score (nSPS) is 18.3. The van der Waals surface area contributed by atoms with E-state index < -0.39 is 0 Å². The molecule has 2 atom stereocenters. The van der Waals surface area contributed by atoms with Gasteiger partial charge in [-0.25, -0.2) is 0 Å². The molecule has 134 valence electrons. The first-order chi connectivity index (χ1) is 11.7. The van der Waals surface area contributed by atoms with E-state index >= 15 is 0 Å². The van der Waals surface area contributed by atoms with Crippen molar-refractivity contribution in [3.05, 3.63) is 29.8 Å². The lowest BCUT2D eigenvalue weighted by Gasteiger charge is -2.14. The van der Waals surface area contributed by atoms with Gasteiger partial charge in [-0.3, -0.25) is 4.79 Å². The molecule has 1 N–H and O–H groups in total. The molecule has 1 aliphatic rings. The molecule has 0 spiro atoms. The Morgan fingerprint density at radius 1 is 1.29 bits per heavy atom. The summed E-state index contributed by atoms with van der Waals surface area (Å²) in [6.07, 6.45) is 8.35. The molecule has 0 aromatic heterocycles. The zero-order chi connectivity index (χ0) is 17.2. The standard InChI is InChI=1S/C20H31NO3/c1-3-4-5-6-8-16(2)21-20(22)17-10-12-18(13-11-17)24-15-19-9-7-14-23-19/h10-13,16,19H,3-9,14-15H2,1-2H3,(H,21,22). The molecule has 1 saturated heterocycles. The van der Waals surface area contributed by atoms with Crippen LogP contribution in [0.5, 0.6) is 5.75 Å². The van der Waals surface area contributed by atoms with E-state index in [9.17, 15) is 4.79 Å². The Morgan fingerprint density at radius 3 is 2.75 bits per heavy atom. The van der Waals surface area contributed by atoms with E-state index in [1.807, 2.05) is 24.3 Å². The van der Waals surface area contributed by atoms with Crippen LogP contribution in [0.3, 0.4) is 0 Å². The lowest BCUT2D eigenvalue weighted by molar-refractivity contribution is 0.0679. The summed E-state index contributed by atoms with van der Waals surface area (Å²) in [7, 11) is 0. The van der Waals surface area contributed by atoms with E-state index in [-0.39, 0.29) is 18.1 Å². The SMILES string of the molecule is CCCCCCC(C)NC(=O)c1ccc(OCC2CCCO2)cc1. The molecule has 1 aromatic carbocycles. The smallest absolute Gasteiger partial charge is 0.251 e. The van der Waals surface area contributed by atoms with E-state index in [0.29, 0.717) is 12.2 Å². The average molecular weight is 333 g/mol. The summed E-state index contributed by atoms with van der Waals surface area (Å²) < 4.78 is 11.3. The number of rotatable bonds is 10. The van der Waals surface area contributed by atoms with Crippen LogP contribution in [0.15, 0.2) is 24.3 Å². The molecule has 1 aliphatic heterocycles. The minimum Gasteiger partial charge on any atom is -0.491 e. The van der Waals surface area contributed by atoms with Crippen LogP contribution in [0.4, 0.5) is 0 Å². The van der Waals surface area contributed by atoms with Crippen LogP contribution >= 0.6 is 0 Å². The molecule has 0 bridgehead atoms. The van der Waals surface area contributed by atoms with E-state index in [1.165, 1.54) is 25.7 Å². The average Bonchev–Trinajstić information content (AvgIpc) is 3.11. The summed E-state index contributed by atoms with van der Waals surface area (Å²) in [5.41, 5.74) is 0.680. The van der Waals surface area contributed by atoms with Gasteiger partial charge in [0.25, 0.3) is 5.91 Å². The summed E-state index contributed by atoms with van der Waals surface area (Å²) in [5.74, 6) is 0.776. The molecule has 24 heavy (non-hydrogen) atoms. The Morgan fingerprint density at radius 2 is 2.08 bits per heavy atom. The lowest BCUT2D eigenvalue weighted by atomic mass is 10.1. The zero-order valence-corrected chi connectivity index (χ0v) is 15.1. The van der Waals surface area contributed by atoms with E-state index in [0.717, 1.165) is 31.6 Å². The van der Waals surface area contributed by atoms with Gasteiger partial charge in [0, 0.05) is 18.2 Å². The molecule has 2 unspecified atom stereocenters. The molecule has 0 aliphatic carbocycles. The van der Waals surface area contributed by atoms with Crippen molar-refractivity contribution in [2.45, 2.75) is 70.9 Å². The van der Waals surface area contributed by atoms with Gasteiger partial charge in [-0.05, 0) is 50.5 Å². The summed E-state index contributed by atoms with van der Waals surface area (Å²) in [6, 6.07) is 7.57. The number of carbonyl (C=O) groups excluding carboxylic acids is 1. The van der Waals surface area contributed by atoms with Gasteiger partial charge in [0.15, 0.2) is 0 Å². The minimum atomic E-state index is -0.0105. The molecule has 4 heteroatoms. The highest BCUT2D eigenvalue weighted by Gasteiger charge is 2.16. The third-order valence-electron chi connectivity index (χ3n) is 4.44. The second kappa shape index (κ2) is 10.3. The maximum Gasteiger partial charge on any atom is 0.251 e. The van der Waals surface area contributed by atoms with Crippen LogP contribution in [0.1, 0.15) is 69.2 Å². The minimum absolute atomic E-state index is 0.0105. The summed E-state index contributed by atoms with van der Waals surface area (Å²) in [4.78, 5) is 12.3. The number of hydrogen-bond donors (Lipinski definition) is 1. The van der Waals surface area contributed by atoms with Crippen LogP contribution in [-0.2, 0) is 4.74 Å². The molecule has 0 radical (unpaired) electrons. The quantitative estimate of drug-likeness (QED) is 0.648. The van der Waals surface area contributed by atoms with Gasteiger partial charge < -0.3 is 14.8 Å². The maximum atomic E-state index is 12.3. The third kappa shape index (κ3) is 6.52. The predicted octanol–water partition coefficient (Wildman–Crippen LogP) is 4.33. The van der Waals surface area contributed by atoms with E-state index in [4.69, 9.17) is 9.47 Å². The summed E-state index contributed by atoms with van der Waals surface area (Å²) in [6.45, 7) is 5.70. The largest absolute Gasteiger partial charge is 0.491 e. The Bertz CT molecular complexity index is 480. The Hall–Kier alpha value is -1.55. The first-order valence-corrected chi connectivity index (χ1v) is 9.34. The summed E-state index contributed by atoms with van der Waals surface area (Å²) in [5, 5.41) is 3.07. The van der Waals surface area contributed by atoms with Crippen molar-refractivity contribution in [1.82, 2.24) is 5.32 Å². The highest BCUT2D eigenvalue weighted by molar-refractivity contribution is 5.94. The molecule has 1 heterocycles. The molecular formula is C20H31NO3. The van der Waals surface area contributed by atoms with Crippen LogP contribution in [0, 0.1) is 0 Å². The van der Waals surface area contributed by atoms with Crippen molar-refractivity contribution < 1.29 is 14.3 Å². The molecule has 0 saturated carbocycles. The van der Waals surface area contributed by atoms with Gasteiger partial charge in [0.1, 0.15) is 12.4 Å². The molecule has 1 fully saturated rings. The third-order valence-corrected chi connectivity index (χ3v) is 4.44. The van der Waals surface area contributed by atoms with Crippen molar-refractivity contribution in [3.63, 3.8) is 0 Å². The number of hydrogen-bond acceptors (Lipinski definition) is 3. The van der Waals surface area contributed by atoms with Crippen LogP contribution in [-0.4, -0.2) is 31.3 Å². The molecular weight excluding hydrogens is 302 g/mol.